The minimum absolute atomic E-state index is 0.106. The summed E-state index contributed by atoms with van der Waals surface area (Å²) in [7, 11) is 0. The van der Waals surface area contributed by atoms with Gasteiger partial charge < -0.3 is 5.32 Å². The van der Waals surface area contributed by atoms with Gasteiger partial charge in [0, 0.05) is 16.2 Å². The number of hydrogen-bond donors (Lipinski definition) is 1. The Kier molecular flexibility index (Phi) is 4.47. The van der Waals surface area contributed by atoms with Crippen molar-refractivity contribution >= 4 is 21.6 Å². The highest BCUT2D eigenvalue weighted by Crippen LogP contribution is 2.34. The SMILES string of the molecule is CC(C)C(C)Nc1cc(C(F)(F)F)ccc1Br. The van der Waals surface area contributed by atoms with Crippen LogP contribution in [0.2, 0.25) is 0 Å². The molecule has 1 atom stereocenters. The lowest BCUT2D eigenvalue weighted by atomic mass is 10.1. The molecule has 0 aliphatic carbocycles. The lowest BCUT2D eigenvalue weighted by Gasteiger charge is -2.20. The Morgan fingerprint density at radius 1 is 1.18 bits per heavy atom. The van der Waals surface area contributed by atoms with Gasteiger partial charge in [0.2, 0.25) is 0 Å². The van der Waals surface area contributed by atoms with Gasteiger partial charge in [-0.05, 0) is 47.0 Å². The minimum atomic E-state index is -4.31. The fourth-order valence-electron chi connectivity index (χ4n) is 1.22. The normalized spacial score (nSPS) is 13.9. The van der Waals surface area contributed by atoms with Crippen LogP contribution in [0.1, 0.15) is 26.3 Å². The third kappa shape index (κ3) is 3.91. The maximum Gasteiger partial charge on any atom is 0.416 e. The number of benzene rings is 1. The molecule has 0 amide bonds. The molecule has 0 saturated carbocycles. The Morgan fingerprint density at radius 2 is 1.76 bits per heavy atom. The summed E-state index contributed by atoms with van der Waals surface area (Å²) in [5.74, 6) is 0.344. The monoisotopic (exact) mass is 309 g/mol. The van der Waals surface area contributed by atoms with Crippen LogP contribution < -0.4 is 5.32 Å². The number of halogens is 4. The first-order chi connectivity index (χ1) is 7.71. The molecule has 1 aromatic carbocycles. The lowest BCUT2D eigenvalue weighted by Crippen LogP contribution is -2.22. The largest absolute Gasteiger partial charge is 0.416 e. The molecule has 0 fully saturated rings. The summed E-state index contributed by atoms with van der Waals surface area (Å²) in [5, 5.41) is 3.08. The summed E-state index contributed by atoms with van der Waals surface area (Å²) in [6.07, 6.45) is -4.31. The lowest BCUT2D eigenvalue weighted by molar-refractivity contribution is -0.137. The van der Waals surface area contributed by atoms with Gasteiger partial charge in [0.1, 0.15) is 0 Å². The molecule has 0 saturated heterocycles. The minimum Gasteiger partial charge on any atom is -0.381 e. The van der Waals surface area contributed by atoms with Crippen molar-refractivity contribution in [3.8, 4) is 0 Å². The second kappa shape index (κ2) is 5.29. The van der Waals surface area contributed by atoms with Gasteiger partial charge in [-0.25, -0.2) is 0 Å². The second-order valence-corrected chi connectivity index (χ2v) is 5.22. The Hall–Kier alpha value is -0.710. The zero-order valence-electron chi connectivity index (χ0n) is 9.90. The van der Waals surface area contributed by atoms with Crippen molar-refractivity contribution in [3.05, 3.63) is 28.2 Å². The van der Waals surface area contributed by atoms with Gasteiger partial charge in [0.05, 0.1) is 5.56 Å². The average Bonchev–Trinajstić information content (AvgIpc) is 2.19. The number of alkyl halides is 3. The molecule has 0 aliphatic rings. The van der Waals surface area contributed by atoms with Crippen LogP contribution >= 0.6 is 15.9 Å². The van der Waals surface area contributed by atoms with Crippen LogP contribution in [0, 0.1) is 5.92 Å². The van der Waals surface area contributed by atoms with E-state index in [1.807, 2.05) is 20.8 Å². The van der Waals surface area contributed by atoms with E-state index in [-0.39, 0.29) is 6.04 Å². The van der Waals surface area contributed by atoms with Crippen LogP contribution in [0.5, 0.6) is 0 Å². The van der Waals surface area contributed by atoms with E-state index in [0.717, 1.165) is 12.1 Å². The fraction of sp³-hybridized carbons (Fsp3) is 0.500. The van der Waals surface area contributed by atoms with Crippen molar-refractivity contribution in [3.63, 3.8) is 0 Å². The molecule has 1 N–H and O–H groups in total. The van der Waals surface area contributed by atoms with Crippen molar-refractivity contribution in [2.24, 2.45) is 5.92 Å². The number of hydrogen-bond acceptors (Lipinski definition) is 1. The van der Waals surface area contributed by atoms with E-state index in [1.54, 1.807) is 0 Å². The van der Waals surface area contributed by atoms with Crippen LogP contribution in [0.3, 0.4) is 0 Å². The summed E-state index contributed by atoms with van der Waals surface area (Å²) < 4.78 is 38.3. The van der Waals surface area contributed by atoms with Crippen molar-refractivity contribution in [1.29, 1.82) is 0 Å². The third-order valence-corrected chi connectivity index (χ3v) is 3.37. The molecule has 0 bridgehead atoms. The van der Waals surface area contributed by atoms with Gasteiger partial charge in [0.15, 0.2) is 0 Å². The Labute approximate surface area is 108 Å². The predicted molar refractivity (Wildman–Crippen MR) is 67.1 cm³/mol. The van der Waals surface area contributed by atoms with Crippen molar-refractivity contribution in [1.82, 2.24) is 0 Å². The van der Waals surface area contributed by atoms with Gasteiger partial charge >= 0.3 is 6.18 Å². The number of anilines is 1. The zero-order chi connectivity index (χ0) is 13.2. The first-order valence-corrected chi connectivity index (χ1v) is 6.14. The molecular weight excluding hydrogens is 295 g/mol. The molecule has 0 heterocycles. The zero-order valence-corrected chi connectivity index (χ0v) is 11.5. The summed E-state index contributed by atoms with van der Waals surface area (Å²) in [4.78, 5) is 0. The van der Waals surface area contributed by atoms with Crippen molar-refractivity contribution in [2.45, 2.75) is 33.0 Å². The highest BCUT2D eigenvalue weighted by molar-refractivity contribution is 9.10. The maximum absolute atomic E-state index is 12.6. The quantitative estimate of drug-likeness (QED) is 0.835. The summed E-state index contributed by atoms with van der Waals surface area (Å²) in [5.41, 5.74) is -0.166. The van der Waals surface area contributed by atoms with E-state index in [1.165, 1.54) is 6.07 Å². The molecule has 1 unspecified atom stereocenters. The van der Waals surface area contributed by atoms with Crippen LogP contribution in [0.15, 0.2) is 22.7 Å². The van der Waals surface area contributed by atoms with E-state index in [2.05, 4.69) is 21.2 Å². The van der Waals surface area contributed by atoms with E-state index >= 15 is 0 Å². The van der Waals surface area contributed by atoms with E-state index in [0.29, 0.717) is 16.1 Å². The maximum atomic E-state index is 12.6. The average molecular weight is 310 g/mol. The number of nitrogens with one attached hydrogen (secondary N) is 1. The highest BCUT2D eigenvalue weighted by Gasteiger charge is 2.31. The van der Waals surface area contributed by atoms with Crippen LogP contribution in [-0.4, -0.2) is 6.04 Å². The molecule has 0 spiro atoms. The molecule has 0 aromatic heterocycles. The molecule has 0 radical (unpaired) electrons. The summed E-state index contributed by atoms with van der Waals surface area (Å²) >= 11 is 3.24. The van der Waals surface area contributed by atoms with Crippen LogP contribution in [0.4, 0.5) is 18.9 Å². The van der Waals surface area contributed by atoms with E-state index in [4.69, 9.17) is 0 Å². The molecule has 1 rings (SSSR count). The molecule has 96 valence electrons. The molecule has 0 aliphatic heterocycles. The molecule has 1 aromatic rings. The van der Waals surface area contributed by atoms with Gasteiger partial charge in [-0.2, -0.15) is 13.2 Å². The number of rotatable bonds is 3. The van der Waals surface area contributed by atoms with Gasteiger partial charge in [-0.3, -0.25) is 0 Å². The molecular formula is C12H15BrF3N. The Bertz CT molecular complexity index is 388. The van der Waals surface area contributed by atoms with Gasteiger partial charge in [-0.1, -0.05) is 13.8 Å². The Morgan fingerprint density at radius 3 is 2.24 bits per heavy atom. The summed E-state index contributed by atoms with van der Waals surface area (Å²) in [6.45, 7) is 5.97. The van der Waals surface area contributed by atoms with Gasteiger partial charge in [0.25, 0.3) is 0 Å². The predicted octanol–water partition coefficient (Wildman–Crippen LogP) is 4.92. The van der Waals surface area contributed by atoms with Crippen LogP contribution in [0.25, 0.3) is 0 Å². The topological polar surface area (TPSA) is 12.0 Å². The fourth-order valence-corrected chi connectivity index (χ4v) is 1.59. The molecule has 1 nitrogen and oxygen atoms in total. The first kappa shape index (κ1) is 14.4. The summed E-state index contributed by atoms with van der Waals surface area (Å²) in [6, 6.07) is 3.71. The van der Waals surface area contributed by atoms with Crippen molar-refractivity contribution in [2.75, 3.05) is 5.32 Å². The van der Waals surface area contributed by atoms with Gasteiger partial charge in [-0.15, -0.1) is 0 Å². The standard InChI is InChI=1S/C12H15BrF3N/c1-7(2)8(3)17-11-6-9(12(14,15)16)4-5-10(11)13/h4-8,17H,1-3H3. The van der Waals surface area contributed by atoms with E-state index in [9.17, 15) is 13.2 Å². The van der Waals surface area contributed by atoms with Crippen molar-refractivity contribution < 1.29 is 13.2 Å². The smallest absolute Gasteiger partial charge is 0.381 e. The molecule has 17 heavy (non-hydrogen) atoms. The molecule has 5 heteroatoms. The highest BCUT2D eigenvalue weighted by atomic mass is 79.9. The van der Waals surface area contributed by atoms with Crippen LogP contribution in [-0.2, 0) is 6.18 Å². The first-order valence-electron chi connectivity index (χ1n) is 5.35. The third-order valence-electron chi connectivity index (χ3n) is 2.68. The Balaban J connectivity index is 2.99. The van der Waals surface area contributed by atoms with E-state index < -0.39 is 11.7 Å². The second-order valence-electron chi connectivity index (χ2n) is 4.37.